The van der Waals surface area contributed by atoms with Crippen LogP contribution in [0.4, 0.5) is 0 Å². The van der Waals surface area contributed by atoms with Crippen LogP contribution in [0.25, 0.3) is 11.1 Å². The second kappa shape index (κ2) is 6.47. The van der Waals surface area contributed by atoms with Crippen molar-refractivity contribution < 1.29 is 9.90 Å². The second-order valence-corrected chi connectivity index (χ2v) is 7.43. The lowest BCUT2D eigenvalue weighted by molar-refractivity contribution is 0.0551. The molecule has 0 spiro atoms. The van der Waals surface area contributed by atoms with Crippen LogP contribution in [0.2, 0.25) is 0 Å². The van der Waals surface area contributed by atoms with E-state index in [1.54, 1.807) is 16.2 Å². The van der Waals surface area contributed by atoms with E-state index in [-0.39, 0.29) is 5.91 Å². The van der Waals surface area contributed by atoms with Crippen molar-refractivity contribution in [3.05, 3.63) is 81.5 Å². The number of hydrogen-bond donors (Lipinski definition) is 1. The number of fused-ring (bicyclic) bond motifs is 1. The van der Waals surface area contributed by atoms with Gasteiger partial charge in [-0.25, -0.2) is 0 Å². The van der Waals surface area contributed by atoms with Gasteiger partial charge < -0.3 is 10.0 Å². The molecule has 1 amide bonds. The Morgan fingerprint density at radius 1 is 1.12 bits per heavy atom. The van der Waals surface area contributed by atoms with Gasteiger partial charge in [0.15, 0.2) is 0 Å². The number of amides is 1. The van der Waals surface area contributed by atoms with E-state index in [0.29, 0.717) is 13.1 Å². The Balaban J connectivity index is 1.70. The van der Waals surface area contributed by atoms with Crippen molar-refractivity contribution in [2.75, 3.05) is 6.54 Å². The summed E-state index contributed by atoms with van der Waals surface area (Å²) in [6.07, 6.45) is -0.631. The lowest BCUT2D eigenvalue weighted by Crippen LogP contribution is -2.38. The Hall–Kier alpha value is -2.43. The predicted octanol–water partition coefficient (Wildman–Crippen LogP) is 4.41. The molecule has 0 fully saturated rings. The zero-order valence-electron chi connectivity index (χ0n) is 14.0. The highest BCUT2D eigenvalue weighted by Crippen LogP contribution is 2.35. The number of thiophene rings is 1. The highest BCUT2D eigenvalue weighted by molar-refractivity contribution is 7.10. The third kappa shape index (κ3) is 2.88. The van der Waals surface area contributed by atoms with Gasteiger partial charge in [0.25, 0.3) is 5.91 Å². The maximum Gasteiger partial charge on any atom is 0.255 e. The van der Waals surface area contributed by atoms with E-state index >= 15 is 0 Å². The van der Waals surface area contributed by atoms with E-state index in [1.807, 2.05) is 66.9 Å². The van der Waals surface area contributed by atoms with Gasteiger partial charge in [-0.15, -0.1) is 11.3 Å². The van der Waals surface area contributed by atoms with Crippen LogP contribution < -0.4 is 0 Å². The van der Waals surface area contributed by atoms with Crippen molar-refractivity contribution >= 4 is 17.2 Å². The summed E-state index contributed by atoms with van der Waals surface area (Å²) in [6, 6.07) is 17.8. The maximum absolute atomic E-state index is 13.2. The zero-order chi connectivity index (χ0) is 17.4. The molecule has 3 nitrogen and oxygen atoms in total. The van der Waals surface area contributed by atoms with Gasteiger partial charge in [0.1, 0.15) is 0 Å². The minimum absolute atomic E-state index is 0.0169. The molecule has 4 rings (SSSR count). The van der Waals surface area contributed by atoms with E-state index in [2.05, 4.69) is 0 Å². The standard InChI is InChI=1S/C21H19NO2S/c1-14-20(15-7-3-2-4-8-15)18(13-25-14)21(24)22-11-16-9-5-6-10-17(16)19(23)12-22/h2-10,13,19,23H,11-12H2,1H3. The molecule has 0 radical (unpaired) electrons. The van der Waals surface area contributed by atoms with Crippen molar-refractivity contribution in [2.24, 2.45) is 0 Å². The number of aliphatic hydroxyl groups is 1. The molecule has 1 unspecified atom stereocenters. The number of carbonyl (C=O) groups is 1. The summed E-state index contributed by atoms with van der Waals surface area (Å²) in [5, 5.41) is 12.4. The molecule has 0 bridgehead atoms. The first-order chi connectivity index (χ1) is 12.1. The molecule has 1 aromatic heterocycles. The first-order valence-electron chi connectivity index (χ1n) is 8.34. The fourth-order valence-electron chi connectivity index (χ4n) is 3.48. The Labute approximate surface area is 151 Å². The number of hydrogen-bond acceptors (Lipinski definition) is 3. The number of aliphatic hydroxyl groups excluding tert-OH is 1. The molecule has 126 valence electrons. The Kier molecular flexibility index (Phi) is 4.15. The van der Waals surface area contributed by atoms with Crippen LogP contribution in [0.5, 0.6) is 0 Å². The number of nitrogens with zero attached hydrogens (tertiary/aromatic N) is 1. The van der Waals surface area contributed by atoms with Gasteiger partial charge in [-0.3, -0.25) is 4.79 Å². The fraction of sp³-hybridized carbons (Fsp3) is 0.190. The second-order valence-electron chi connectivity index (χ2n) is 6.35. The zero-order valence-corrected chi connectivity index (χ0v) is 14.8. The van der Waals surface area contributed by atoms with Gasteiger partial charge in [-0.2, -0.15) is 0 Å². The van der Waals surface area contributed by atoms with Gasteiger partial charge >= 0.3 is 0 Å². The highest BCUT2D eigenvalue weighted by atomic mass is 32.1. The van der Waals surface area contributed by atoms with Crippen molar-refractivity contribution in [2.45, 2.75) is 19.6 Å². The smallest absolute Gasteiger partial charge is 0.255 e. The Morgan fingerprint density at radius 2 is 1.84 bits per heavy atom. The summed E-state index contributed by atoms with van der Waals surface area (Å²) >= 11 is 1.59. The van der Waals surface area contributed by atoms with Gasteiger partial charge in [-0.1, -0.05) is 54.6 Å². The van der Waals surface area contributed by atoms with Gasteiger partial charge in [0.2, 0.25) is 0 Å². The van der Waals surface area contributed by atoms with Crippen LogP contribution in [0.3, 0.4) is 0 Å². The lowest BCUT2D eigenvalue weighted by atomic mass is 9.96. The first-order valence-corrected chi connectivity index (χ1v) is 9.22. The summed E-state index contributed by atoms with van der Waals surface area (Å²) in [4.78, 5) is 16.1. The summed E-state index contributed by atoms with van der Waals surface area (Å²) in [5.74, 6) is -0.0169. The maximum atomic E-state index is 13.2. The number of aryl methyl sites for hydroxylation is 1. The summed E-state index contributed by atoms with van der Waals surface area (Å²) in [5.41, 5.74) is 4.73. The lowest BCUT2D eigenvalue weighted by Gasteiger charge is -2.32. The van der Waals surface area contributed by atoms with Crippen molar-refractivity contribution in [3.8, 4) is 11.1 Å². The molecule has 0 saturated heterocycles. The largest absolute Gasteiger partial charge is 0.387 e. The van der Waals surface area contributed by atoms with Crippen molar-refractivity contribution in [1.29, 1.82) is 0 Å². The van der Waals surface area contributed by atoms with Gasteiger partial charge in [-0.05, 0) is 23.6 Å². The normalized spacial score (nSPS) is 16.6. The fourth-order valence-corrected chi connectivity index (χ4v) is 4.34. The van der Waals surface area contributed by atoms with E-state index in [9.17, 15) is 9.90 Å². The van der Waals surface area contributed by atoms with E-state index < -0.39 is 6.10 Å². The molecular weight excluding hydrogens is 330 g/mol. The number of benzene rings is 2. The van der Waals surface area contributed by atoms with Crippen molar-refractivity contribution in [3.63, 3.8) is 0 Å². The monoisotopic (exact) mass is 349 g/mol. The average Bonchev–Trinajstić information content (AvgIpc) is 3.03. The SMILES string of the molecule is Cc1scc(C(=O)N2Cc3ccccc3C(O)C2)c1-c1ccccc1. The number of carbonyl (C=O) groups excluding carboxylic acids is 1. The highest BCUT2D eigenvalue weighted by Gasteiger charge is 2.29. The average molecular weight is 349 g/mol. The topological polar surface area (TPSA) is 40.5 Å². The van der Waals surface area contributed by atoms with Crippen molar-refractivity contribution in [1.82, 2.24) is 4.90 Å². The van der Waals surface area contributed by atoms with Crippen LogP contribution in [-0.4, -0.2) is 22.5 Å². The Morgan fingerprint density at radius 3 is 2.64 bits per heavy atom. The third-order valence-electron chi connectivity index (χ3n) is 4.72. The molecule has 2 heterocycles. The van der Waals surface area contributed by atoms with E-state index in [0.717, 1.165) is 32.7 Å². The van der Waals surface area contributed by atoms with Crippen LogP contribution in [0, 0.1) is 6.92 Å². The van der Waals surface area contributed by atoms with Gasteiger partial charge in [0.05, 0.1) is 18.2 Å². The first kappa shape index (κ1) is 16.1. The number of rotatable bonds is 2. The molecule has 4 heteroatoms. The summed E-state index contributed by atoms with van der Waals surface area (Å²) < 4.78 is 0. The molecular formula is C21H19NO2S. The summed E-state index contributed by atoms with van der Waals surface area (Å²) in [6.45, 7) is 2.91. The van der Waals surface area contributed by atoms with E-state index in [1.165, 1.54) is 0 Å². The van der Waals surface area contributed by atoms with Crippen LogP contribution in [0.15, 0.2) is 60.0 Å². The van der Waals surface area contributed by atoms with E-state index in [4.69, 9.17) is 0 Å². The Bertz CT molecular complexity index is 917. The number of β-amino-alcohol motifs (C(OH)–C–C–N with tert-alkyl or cyclic N) is 1. The molecule has 2 aromatic carbocycles. The summed E-state index contributed by atoms with van der Waals surface area (Å²) in [7, 11) is 0. The van der Waals surface area contributed by atoms with Crippen LogP contribution in [0.1, 0.15) is 32.5 Å². The predicted molar refractivity (Wildman–Crippen MR) is 101 cm³/mol. The van der Waals surface area contributed by atoms with Crippen LogP contribution in [-0.2, 0) is 6.54 Å². The molecule has 1 aliphatic rings. The molecule has 3 aromatic rings. The molecule has 1 N–H and O–H groups in total. The molecule has 1 aliphatic heterocycles. The molecule has 25 heavy (non-hydrogen) atoms. The van der Waals surface area contributed by atoms with Crippen LogP contribution >= 0.6 is 11.3 Å². The quantitative estimate of drug-likeness (QED) is 0.744. The molecule has 1 atom stereocenters. The molecule has 0 saturated carbocycles. The molecule has 0 aliphatic carbocycles. The minimum Gasteiger partial charge on any atom is -0.387 e. The van der Waals surface area contributed by atoms with Gasteiger partial charge in [0, 0.05) is 22.4 Å². The minimum atomic E-state index is -0.631. The third-order valence-corrected chi connectivity index (χ3v) is 5.63.